The number of rotatable bonds is 2. The molecule has 7 aromatic rings. The number of benzene rings is 7. The van der Waals surface area contributed by atoms with Gasteiger partial charge in [0.25, 0.3) is 0 Å². The van der Waals surface area contributed by atoms with E-state index >= 15 is 0 Å². The van der Waals surface area contributed by atoms with Gasteiger partial charge in [-0.1, -0.05) is 78.9 Å². The van der Waals surface area contributed by atoms with E-state index < -0.39 is 0 Å². The van der Waals surface area contributed by atoms with Crippen LogP contribution >= 0.6 is 0 Å². The topological polar surface area (TPSA) is 0 Å². The molecule has 170 valence electrons. The normalized spacial score (nSPS) is 14.2. The molecule has 10 rings (SSSR count). The Bertz CT molecular complexity index is 2200. The van der Waals surface area contributed by atoms with E-state index in [0.717, 1.165) is 19.3 Å². The molecule has 0 aliphatic heterocycles. The Kier molecular flexibility index (Phi) is 3.19. The zero-order valence-electron chi connectivity index (χ0n) is 20.4. The summed E-state index contributed by atoms with van der Waals surface area (Å²) >= 11 is 0. The molecule has 37 heavy (non-hydrogen) atoms. The van der Waals surface area contributed by atoms with Crippen LogP contribution in [0.3, 0.4) is 0 Å². The highest BCUT2D eigenvalue weighted by Crippen LogP contribution is 2.56. The summed E-state index contributed by atoms with van der Waals surface area (Å²) in [7, 11) is 0. The second kappa shape index (κ2) is 6.28. The molecule has 3 aliphatic rings. The molecule has 0 atom stereocenters. The fraction of sp³-hybridized carbons (Fsp3) is 0.0811. The zero-order valence-corrected chi connectivity index (χ0v) is 20.4. The third-order valence-corrected chi connectivity index (χ3v) is 9.42. The molecule has 0 unspecified atom stereocenters. The van der Waals surface area contributed by atoms with E-state index in [1.165, 1.54) is 66.4 Å². The molecule has 0 radical (unpaired) electrons. The van der Waals surface area contributed by atoms with Crippen molar-refractivity contribution in [3.8, 4) is 22.3 Å². The number of fused-ring (bicyclic) bond motifs is 1. The molecule has 0 heteroatoms. The van der Waals surface area contributed by atoms with Gasteiger partial charge in [0.2, 0.25) is 0 Å². The highest BCUT2D eigenvalue weighted by molar-refractivity contribution is 6.34. The quantitative estimate of drug-likeness (QED) is 0.223. The van der Waals surface area contributed by atoms with Gasteiger partial charge in [-0.05, 0) is 136 Å². The molecule has 0 saturated carbocycles. The van der Waals surface area contributed by atoms with Crippen LogP contribution in [-0.4, -0.2) is 0 Å². The number of hydrogen-bond acceptors (Lipinski definition) is 0. The van der Waals surface area contributed by atoms with Crippen LogP contribution in [0.4, 0.5) is 0 Å². The molecule has 0 saturated heterocycles. The second-order valence-corrected chi connectivity index (χ2v) is 11.2. The van der Waals surface area contributed by atoms with E-state index in [-0.39, 0.29) is 0 Å². The summed E-state index contributed by atoms with van der Waals surface area (Å²) in [6.45, 7) is 0. The summed E-state index contributed by atoms with van der Waals surface area (Å²) in [6.07, 6.45) is 3.12. The van der Waals surface area contributed by atoms with Crippen LogP contribution in [0.5, 0.6) is 0 Å². The Morgan fingerprint density at radius 2 is 0.919 bits per heavy atom. The first-order valence-corrected chi connectivity index (χ1v) is 13.4. The third kappa shape index (κ3) is 2.18. The van der Waals surface area contributed by atoms with Crippen LogP contribution in [0.2, 0.25) is 0 Å². The summed E-state index contributed by atoms with van der Waals surface area (Å²) in [6, 6.07) is 36.7. The highest BCUT2D eigenvalue weighted by Gasteiger charge is 2.34. The van der Waals surface area contributed by atoms with Crippen LogP contribution in [-0.2, 0) is 19.3 Å². The monoisotopic (exact) mass is 466 g/mol. The summed E-state index contributed by atoms with van der Waals surface area (Å²) in [5.41, 5.74) is 14.7. The molecule has 0 spiro atoms. The molecule has 0 fully saturated rings. The van der Waals surface area contributed by atoms with Gasteiger partial charge in [0.15, 0.2) is 0 Å². The van der Waals surface area contributed by atoms with E-state index in [1.807, 2.05) is 0 Å². The van der Waals surface area contributed by atoms with Crippen LogP contribution in [0.15, 0.2) is 97.1 Å². The number of hydrogen-bond donors (Lipinski definition) is 0. The summed E-state index contributed by atoms with van der Waals surface area (Å²) in [4.78, 5) is 0. The van der Waals surface area contributed by atoms with Gasteiger partial charge in [0, 0.05) is 0 Å². The summed E-state index contributed by atoms with van der Waals surface area (Å²) in [5.74, 6) is 0. The highest BCUT2D eigenvalue weighted by atomic mass is 14.4. The lowest BCUT2D eigenvalue weighted by atomic mass is 9.89. The fourth-order valence-electron chi connectivity index (χ4n) is 7.96. The van der Waals surface area contributed by atoms with Gasteiger partial charge in [-0.25, -0.2) is 0 Å². The van der Waals surface area contributed by atoms with Crippen molar-refractivity contribution in [2.75, 3.05) is 0 Å². The molecular formula is C37H22. The maximum atomic E-state index is 2.54. The minimum absolute atomic E-state index is 1.02. The van der Waals surface area contributed by atoms with Gasteiger partial charge < -0.3 is 0 Å². The van der Waals surface area contributed by atoms with Gasteiger partial charge in [-0.15, -0.1) is 0 Å². The largest absolute Gasteiger partial charge is 0.0622 e. The standard InChI is InChI=1S/C37H22/c1-2-7-21(8-3-1)28-18-27-19-31-29(23-11-10-20-6-4-5-9-22(20)14-23)17-26-15-24-12-13-25-16-30(28)36-33(25)32(24)34(26)37(31)35(27)36/h1-14,17-18H,15-16,19H2. The Morgan fingerprint density at radius 1 is 0.351 bits per heavy atom. The lowest BCUT2D eigenvalue weighted by Crippen LogP contribution is -1.92. The predicted molar refractivity (Wildman–Crippen MR) is 156 cm³/mol. The van der Waals surface area contributed by atoms with E-state index in [9.17, 15) is 0 Å². The van der Waals surface area contributed by atoms with Gasteiger partial charge in [-0.3, -0.25) is 0 Å². The van der Waals surface area contributed by atoms with Crippen molar-refractivity contribution in [1.82, 2.24) is 0 Å². The van der Waals surface area contributed by atoms with Gasteiger partial charge >= 0.3 is 0 Å². The summed E-state index contributed by atoms with van der Waals surface area (Å²) < 4.78 is 0. The molecule has 0 amide bonds. The Hall–Kier alpha value is -4.42. The maximum absolute atomic E-state index is 2.54. The fourth-order valence-corrected chi connectivity index (χ4v) is 7.96. The van der Waals surface area contributed by atoms with E-state index in [1.54, 1.807) is 32.3 Å². The van der Waals surface area contributed by atoms with Crippen molar-refractivity contribution in [2.45, 2.75) is 19.3 Å². The SMILES string of the molecule is c1ccc(-c2cc3c4c5c2Cc2ccc6c(c25)c2c(cc(-c5ccc7ccccc7c5)c(c24)C3)C6)cc1. The Balaban J connectivity index is 1.37. The first-order chi connectivity index (χ1) is 18.3. The predicted octanol–water partition coefficient (Wildman–Crippen LogP) is 9.35. The van der Waals surface area contributed by atoms with Crippen molar-refractivity contribution < 1.29 is 0 Å². The minimum atomic E-state index is 1.02. The lowest BCUT2D eigenvalue weighted by Gasteiger charge is -2.14. The molecular weight excluding hydrogens is 444 g/mol. The van der Waals surface area contributed by atoms with Crippen molar-refractivity contribution >= 4 is 43.1 Å². The zero-order chi connectivity index (χ0) is 23.8. The minimum Gasteiger partial charge on any atom is -0.0622 e. The summed E-state index contributed by atoms with van der Waals surface area (Å²) in [5, 5.41) is 11.9. The van der Waals surface area contributed by atoms with Gasteiger partial charge in [0.1, 0.15) is 0 Å². The van der Waals surface area contributed by atoms with Gasteiger partial charge in [-0.2, -0.15) is 0 Å². The van der Waals surface area contributed by atoms with Crippen molar-refractivity contribution in [3.05, 3.63) is 130 Å². The van der Waals surface area contributed by atoms with E-state index in [2.05, 4.69) is 97.1 Å². The van der Waals surface area contributed by atoms with Crippen LogP contribution in [0.1, 0.15) is 33.4 Å². The average Bonchev–Trinajstić information content (AvgIpc) is 3.62. The van der Waals surface area contributed by atoms with Crippen molar-refractivity contribution in [3.63, 3.8) is 0 Å². The molecule has 3 aliphatic carbocycles. The molecule has 0 N–H and O–H groups in total. The Morgan fingerprint density at radius 3 is 1.73 bits per heavy atom. The smallest absolute Gasteiger partial charge is 0.000660 e. The van der Waals surface area contributed by atoms with E-state index in [4.69, 9.17) is 0 Å². The first-order valence-electron chi connectivity index (χ1n) is 13.4. The van der Waals surface area contributed by atoms with Crippen LogP contribution in [0, 0.1) is 0 Å². The average molecular weight is 467 g/mol. The first kappa shape index (κ1) is 18.8. The molecule has 0 bridgehead atoms. The second-order valence-electron chi connectivity index (χ2n) is 11.2. The van der Waals surface area contributed by atoms with E-state index in [0.29, 0.717) is 0 Å². The molecule has 0 aromatic heterocycles. The van der Waals surface area contributed by atoms with Crippen LogP contribution < -0.4 is 0 Å². The molecule has 0 heterocycles. The Labute approximate surface area is 214 Å². The lowest BCUT2D eigenvalue weighted by molar-refractivity contribution is 1.24. The van der Waals surface area contributed by atoms with Crippen molar-refractivity contribution in [1.29, 1.82) is 0 Å². The van der Waals surface area contributed by atoms with Crippen molar-refractivity contribution in [2.24, 2.45) is 0 Å². The van der Waals surface area contributed by atoms with Crippen LogP contribution in [0.25, 0.3) is 65.3 Å². The third-order valence-electron chi connectivity index (χ3n) is 9.42. The molecule has 7 aromatic carbocycles. The molecule has 0 nitrogen and oxygen atoms in total. The maximum Gasteiger partial charge on any atom is -0.000660 e. The van der Waals surface area contributed by atoms with Gasteiger partial charge in [0.05, 0.1) is 0 Å².